The monoisotopic (exact) mass is 469 g/mol. The molecule has 0 radical (unpaired) electrons. The van der Waals surface area contributed by atoms with Gasteiger partial charge < -0.3 is 24.8 Å². The molecule has 2 aromatic rings. The molecule has 0 unspecified atom stereocenters. The number of nitrogens with one attached hydrogen (secondary N) is 1. The summed E-state index contributed by atoms with van der Waals surface area (Å²) in [5, 5.41) is 12.4. The van der Waals surface area contributed by atoms with E-state index in [9.17, 15) is 19.5 Å². The van der Waals surface area contributed by atoms with E-state index in [1.165, 1.54) is 13.1 Å². The number of aromatic carboxylic acids is 1. The first-order chi connectivity index (χ1) is 16.2. The Balaban J connectivity index is 2.10. The number of carboxylic acid groups (broad SMARTS) is 1. The molecule has 182 valence electrons. The van der Waals surface area contributed by atoms with E-state index in [1.54, 1.807) is 25.9 Å². The maximum atomic E-state index is 12.8. The molecule has 2 amide bonds. The third-order valence-electron chi connectivity index (χ3n) is 6.15. The first-order valence-corrected chi connectivity index (χ1v) is 11.3. The van der Waals surface area contributed by atoms with Crippen LogP contribution in [-0.4, -0.2) is 59.6 Å². The van der Waals surface area contributed by atoms with Crippen molar-refractivity contribution in [3.63, 3.8) is 0 Å². The van der Waals surface area contributed by atoms with Gasteiger partial charge in [-0.1, -0.05) is 6.07 Å². The van der Waals surface area contributed by atoms with Gasteiger partial charge in [0.15, 0.2) is 17.2 Å². The minimum absolute atomic E-state index is 0.0399. The third kappa shape index (κ3) is 4.83. The molecule has 2 atom stereocenters. The highest BCUT2D eigenvalue weighted by molar-refractivity contribution is 5.97. The van der Waals surface area contributed by atoms with Crippen molar-refractivity contribution in [2.24, 2.45) is 0 Å². The summed E-state index contributed by atoms with van der Waals surface area (Å²) < 4.78 is 11.1. The lowest BCUT2D eigenvalue weighted by Gasteiger charge is -2.27. The summed E-state index contributed by atoms with van der Waals surface area (Å²) >= 11 is 0. The number of benzene rings is 1. The van der Waals surface area contributed by atoms with Crippen molar-refractivity contribution >= 4 is 17.8 Å². The first-order valence-electron chi connectivity index (χ1n) is 11.3. The SMILES string of the molecule is CCNC(=O)c1cnc(C(=O)O)c(C)c1[C@H]1C[C@@H](c2ccc(OC)c(OCC)c2)CN1C(C)=O. The summed E-state index contributed by atoms with van der Waals surface area (Å²) in [5.74, 6) is -0.473. The molecule has 0 bridgehead atoms. The quantitative estimate of drug-likeness (QED) is 0.609. The van der Waals surface area contributed by atoms with Gasteiger partial charge in [0.05, 0.1) is 25.3 Å². The van der Waals surface area contributed by atoms with Crippen LogP contribution < -0.4 is 14.8 Å². The fraction of sp³-hybridized carbons (Fsp3) is 0.440. The number of pyridine rings is 1. The van der Waals surface area contributed by atoms with Crippen LogP contribution in [0.4, 0.5) is 0 Å². The molecule has 1 aromatic heterocycles. The molecule has 3 rings (SSSR count). The van der Waals surface area contributed by atoms with Crippen LogP contribution in [0.2, 0.25) is 0 Å². The van der Waals surface area contributed by atoms with Gasteiger partial charge in [-0.25, -0.2) is 9.78 Å². The smallest absolute Gasteiger partial charge is 0.354 e. The van der Waals surface area contributed by atoms with Crippen LogP contribution in [0.3, 0.4) is 0 Å². The van der Waals surface area contributed by atoms with Gasteiger partial charge in [0, 0.05) is 32.1 Å². The summed E-state index contributed by atoms with van der Waals surface area (Å²) in [6.45, 7) is 8.14. The van der Waals surface area contributed by atoms with Gasteiger partial charge in [-0.05, 0) is 56.0 Å². The molecule has 9 nitrogen and oxygen atoms in total. The minimum Gasteiger partial charge on any atom is -0.493 e. The van der Waals surface area contributed by atoms with Crippen molar-refractivity contribution < 1.29 is 29.0 Å². The van der Waals surface area contributed by atoms with Crippen molar-refractivity contribution in [1.82, 2.24) is 15.2 Å². The number of hydrogen-bond donors (Lipinski definition) is 2. The van der Waals surface area contributed by atoms with E-state index < -0.39 is 12.0 Å². The van der Waals surface area contributed by atoms with Crippen LogP contribution in [0.15, 0.2) is 24.4 Å². The minimum atomic E-state index is -1.18. The standard InChI is InChI=1S/C25H31N3O6/c1-6-26-24(30)18-12-27-23(25(31)32)14(3)22(18)19-10-17(13-28(19)15(4)29)16-8-9-20(33-5)21(11-16)34-7-2/h8-9,11-12,17,19H,6-7,10,13H2,1-5H3,(H,26,30)(H,31,32)/t17-,19-/m1/s1. The Hall–Kier alpha value is -3.62. The summed E-state index contributed by atoms with van der Waals surface area (Å²) in [6, 6.07) is 5.23. The van der Waals surface area contributed by atoms with Crippen LogP contribution in [0.5, 0.6) is 11.5 Å². The molecule has 1 fully saturated rings. The zero-order valence-electron chi connectivity index (χ0n) is 20.2. The van der Waals surface area contributed by atoms with Crippen LogP contribution in [-0.2, 0) is 4.79 Å². The Labute approximate surface area is 199 Å². The summed E-state index contributed by atoms with van der Waals surface area (Å²) in [7, 11) is 1.58. The lowest BCUT2D eigenvalue weighted by molar-refractivity contribution is -0.129. The third-order valence-corrected chi connectivity index (χ3v) is 6.15. The lowest BCUT2D eigenvalue weighted by Crippen LogP contribution is -2.32. The van der Waals surface area contributed by atoms with Crippen molar-refractivity contribution in [3.05, 3.63) is 52.3 Å². The Morgan fingerprint density at radius 1 is 1.24 bits per heavy atom. The molecule has 1 saturated heterocycles. The molecule has 1 aromatic carbocycles. The number of methoxy groups -OCH3 is 1. The number of aromatic nitrogens is 1. The maximum Gasteiger partial charge on any atom is 0.354 e. The number of carboxylic acids is 1. The molecule has 2 heterocycles. The van der Waals surface area contributed by atoms with E-state index in [2.05, 4.69) is 10.3 Å². The summed E-state index contributed by atoms with van der Waals surface area (Å²) in [5.41, 5.74) is 2.04. The van der Waals surface area contributed by atoms with E-state index in [0.29, 0.717) is 48.7 Å². The van der Waals surface area contributed by atoms with E-state index in [4.69, 9.17) is 9.47 Å². The number of nitrogens with zero attached hydrogens (tertiary/aromatic N) is 2. The first kappa shape index (κ1) is 25.0. The van der Waals surface area contributed by atoms with Crippen molar-refractivity contribution in [3.8, 4) is 11.5 Å². The second kappa shape index (κ2) is 10.5. The summed E-state index contributed by atoms with van der Waals surface area (Å²) in [4.78, 5) is 43.0. The van der Waals surface area contributed by atoms with Crippen LogP contribution in [0.1, 0.15) is 76.7 Å². The van der Waals surface area contributed by atoms with Crippen LogP contribution in [0.25, 0.3) is 0 Å². The normalized spacial score (nSPS) is 17.4. The number of amides is 2. The predicted molar refractivity (Wildman–Crippen MR) is 126 cm³/mol. The number of rotatable bonds is 8. The maximum absolute atomic E-state index is 12.8. The van der Waals surface area contributed by atoms with Gasteiger partial charge in [-0.3, -0.25) is 9.59 Å². The number of ether oxygens (including phenoxy) is 2. The van der Waals surface area contributed by atoms with Crippen molar-refractivity contribution in [2.75, 3.05) is 26.8 Å². The Morgan fingerprint density at radius 2 is 1.97 bits per heavy atom. The highest BCUT2D eigenvalue weighted by Crippen LogP contribution is 2.44. The topological polar surface area (TPSA) is 118 Å². The van der Waals surface area contributed by atoms with E-state index in [-0.39, 0.29) is 29.0 Å². The number of carbonyl (C=O) groups excluding carboxylic acids is 2. The average molecular weight is 470 g/mol. The molecule has 1 aliphatic heterocycles. The van der Waals surface area contributed by atoms with E-state index in [1.807, 2.05) is 25.1 Å². The predicted octanol–water partition coefficient (Wildman–Crippen LogP) is 3.32. The van der Waals surface area contributed by atoms with Gasteiger partial charge >= 0.3 is 5.97 Å². The summed E-state index contributed by atoms with van der Waals surface area (Å²) in [6.07, 6.45) is 1.82. The molecule has 0 spiro atoms. The molecule has 1 aliphatic rings. The van der Waals surface area contributed by atoms with Crippen molar-refractivity contribution in [2.45, 2.75) is 46.1 Å². The van der Waals surface area contributed by atoms with Crippen LogP contribution >= 0.6 is 0 Å². The second-order valence-corrected chi connectivity index (χ2v) is 8.19. The van der Waals surface area contributed by atoms with E-state index >= 15 is 0 Å². The largest absolute Gasteiger partial charge is 0.493 e. The highest BCUT2D eigenvalue weighted by atomic mass is 16.5. The van der Waals surface area contributed by atoms with Gasteiger partial charge in [0.25, 0.3) is 5.91 Å². The zero-order valence-corrected chi connectivity index (χ0v) is 20.2. The Morgan fingerprint density at radius 3 is 2.56 bits per heavy atom. The molecular formula is C25H31N3O6. The Kier molecular flexibility index (Phi) is 7.75. The second-order valence-electron chi connectivity index (χ2n) is 8.19. The fourth-order valence-corrected chi connectivity index (χ4v) is 4.62. The molecule has 2 N–H and O–H groups in total. The van der Waals surface area contributed by atoms with Gasteiger partial charge in [0.1, 0.15) is 0 Å². The van der Waals surface area contributed by atoms with Gasteiger partial charge in [-0.2, -0.15) is 0 Å². The number of likely N-dealkylation sites (tertiary alicyclic amines) is 1. The lowest BCUT2D eigenvalue weighted by atomic mass is 9.89. The van der Waals surface area contributed by atoms with Gasteiger partial charge in [-0.15, -0.1) is 0 Å². The van der Waals surface area contributed by atoms with Crippen LogP contribution in [0, 0.1) is 6.92 Å². The van der Waals surface area contributed by atoms with E-state index in [0.717, 1.165) is 5.56 Å². The average Bonchev–Trinajstić information content (AvgIpc) is 3.24. The fourth-order valence-electron chi connectivity index (χ4n) is 4.62. The number of carbonyl (C=O) groups is 3. The number of hydrogen-bond acceptors (Lipinski definition) is 6. The van der Waals surface area contributed by atoms with Gasteiger partial charge in [0.2, 0.25) is 5.91 Å². The highest BCUT2D eigenvalue weighted by Gasteiger charge is 2.39. The molecule has 0 saturated carbocycles. The molecule has 0 aliphatic carbocycles. The zero-order chi connectivity index (χ0) is 25.0. The molecule has 9 heteroatoms. The van der Waals surface area contributed by atoms with Crippen molar-refractivity contribution in [1.29, 1.82) is 0 Å². The molecule has 34 heavy (non-hydrogen) atoms. The Bertz CT molecular complexity index is 1100. The molecular weight excluding hydrogens is 438 g/mol.